The number of hydrogen-bond donors (Lipinski definition) is 1. The van der Waals surface area contributed by atoms with Crippen molar-refractivity contribution in [3.63, 3.8) is 0 Å². The van der Waals surface area contributed by atoms with Crippen LogP contribution >= 0.6 is 0 Å². The fourth-order valence-electron chi connectivity index (χ4n) is 1.69. The van der Waals surface area contributed by atoms with Crippen LogP contribution in [0, 0.1) is 11.6 Å². The van der Waals surface area contributed by atoms with Crippen LogP contribution < -0.4 is 9.47 Å². The zero-order valence-corrected chi connectivity index (χ0v) is 10.8. The van der Waals surface area contributed by atoms with E-state index in [0.29, 0.717) is 11.3 Å². The van der Waals surface area contributed by atoms with Crippen LogP contribution in [0.2, 0.25) is 0 Å². The minimum atomic E-state index is -0.988. The molecule has 0 aromatic heterocycles. The lowest BCUT2D eigenvalue weighted by Crippen LogP contribution is -2.10. The highest BCUT2D eigenvalue weighted by atomic mass is 19.2. The normalized spacial score (nSPS) is 12.0. The molecule has 0 amide bonds. The molecule has 0 heterocycles. The van der Waals surface area contributed by atoms with Crippen LogP contribution in [0.3, 0.4) is 0 Å². The smallest absolute Gasteiger partial charge is 0.162 e. The van der Waals surface area contributed by atoms with Crippen LogP contribution in [0.4, 0.5) is 8.78 Å². The molecule has 1 unspecified atom stereocenters. The number of benzene rings is 2. The van der Waals surface area contributed by atoms with Crippen molar-refractivity contribution in [2.75, 3.05) is 13.7 Å². The molecule has 0 aliphatic carbocycles. The molecule has 1 N–H and O–H groups in total. The molecular formula is C15H14F2O3. The van der Waals surface area contributed by atoms with Gasteiger partial charge in [-0.1, -0.05) is 12.1 Å². The van der Waals surface area contributed by atoms with E-state index in [1.54, 1.807) is 24.3 Å². The highest BCUT2D eigenvalue weighted by Gasteiger charge is 2.10. The molecular weight excluding hydrogens is 266 g/mol. The third kappa shape index (κ3) is 3.45. The largest absolute Gasteiger partial charge is 0.497 e. The van der Waals surface area contributed by atoms with Crippen molar-refractivity contribution in [2.45, 2.75) is 6.10 Å². The molecule has 3 nitrogen and oxygen atoms in total. The Hall–Kier alpha value is -2.14. The monoisotopic (exact) mass is 280 g/mol. The summed E-state index contributed by atoms with van der Waals surface area (Å²) in [5, 5.41) is 9.98. The van der Waals surface area contributed by atoms with Crippen LogP contribution in [0.15, 0.2) is 42.5 Å². The average Bonchev–Trinajstić information content (AvgIpc) is 2.48. The Morgan fingerprint density at radius 1 is 1.05 bits per heavy atom. The standard InChI is InChI=1S/C15H14F2O3/c1-19-11-4-2-3-10(7-11)15(18)9-20-12-5-6-13(16)14(17)8-12/h2-8,15,18H,9H2,1H3. The fraction of sp³-hybridized carbons (Fsp3) is 0.200. The van der Waals surface area contributed by atoms with Crippen LogP contribution in [0.1, 0.15) is 11.7 Å². The van der Waals surface area contributed by atoms with E-state index < -0.39 is 17.7 Å². The van der Waals surface area contributed by atoms with E-state index in [9.17, 15) is 13.9 Å². The maximum atomic E-state index is 13.0. The zero-order valence-electron chi connectivity index (χ0n) is 10.8. The number of methoxy groups -OCH3 is 1. The summed E-state index contributed by atoms with van der Waals surface area (Å²) in [6, 6.07) is 10.1. The van der Waals surface area contributed by atoms with Crippen molar-refractivity contribution in [1.82, 2.24) is 0 Å². The van der Waals surface area contributed by atoms with Gasteiger partial charge in [-0.15, -0.1) is 0 Å². The maximum absolute atomic E-state index is 13.0. The summed E-state index contributed by atoms with van der Waals surface area (Å²) in [6.07, 6.45) is -0.891. The van der Waals surface area contributed by atoms with E-state index >= 15 is 0 Å². The lowest BCUT2D eigenvalue weighted by atomic mass is 10.1. The molecule has 2 rings (SSSR count). The highest BCUT2D eigenvalue weighted by Crippen LogP contribution is 2.21. The molecule has 106 valence electrons. The van der Waals surface area contributed by atoms with E-state index in [2.05, 4.69) is 0 Å². The van der Waals surface area contributed by atoms with Gasteiger partial charge in [0, 0.05) is 6.07 Å². The van der Waals surface area contributed by atoms with Gasteiger partial charge in [0.25, 0.3) is 0 Å². The number of hydrogen-bond acceptors (Lipinski definition) is 3. The Morgan fingerprint density at radius 3 is 2.55 bits per heavy atom. The van der Waals surface area contributed by atoms with Crippen LogP contribution in [0.25, 0.3) is 0 Å². The SMILES string of the molecule is COc1cccc(C(O)COc2ccc(F)c(F)c2)c1. The Bertz CT molecular complexity index is 587. The molecule has 2 aromatic carbocycles. The number of halogens is 2. The summed E-state index contributed by atoms with van der Waals surface area (Å²) < 4.78 is 36.0. The van der Waals surface area contributed by atoms with Crippen LogP contribution in [-0.4, -0.2) is 18.8 Å². The Kier molecular flexibility index (Phi) is 4.53. The summed E-state index contributed by atoms with van der Waals surface area (Å²) in [7, 11) is 1.53. The molecule has 0 fully saturated rings. The van der Waals surface area contributed by atoms with Gasteiger partial charge in [0.05, 0.1) is 7.11 Å². The quantitative estimate of drug-likeness (QED) is 0.914. The molecule has 20 heavy (non-hydrogen) atoms. The van der Waals surface area contributed by atoms with Crippen LogP contribution in [0.5, 0.6) is 11.5 Å². The van der Waals surface area contributed by atoms with Gasteiger partial charge in [0.15, 0.2) is 11.6 Å². The lowest BCUT2D eigenvalue weighted by Gasteiger charge is -2.13. The third-order valence-corrected chi connectivity index (χ3v) is 2.78. The van der Waals surface area contributed by atoms with Crippen molar-refractivity contribution >= 4 is 0 Å². The van der Waals surface area contributed by atoms with E-state index in [4.69, 9.17) is 9.47 Å². The number of rotatable bonds is 5. The predicted molar refractivity (Wildman–Crippen MR) is 69.8 cm³/mol. The van der Waals surface area contributed by atoms with Crippen molar-refractivity contribution in [2.24, 2.45) is 0 Å². The average molecular weight is 280 g/mol. The van der Waals surface area contributed by atoms with Gasteiger partial charge in [0.2, 0.25) is 0 Å². The first-order chi connectivity index (χ1) is 9.60. The molecule has 0 spiro atoms. The van der Waals surface area contributed by atoms with E-state index in [-0.39, 0.29) is 12.4 Å². The van der Waals surface area contributed by atoms with Crippen molar-refractivity contribution in [3.8, 4) is 11.5 Å². The minimum Gasteiger partial charge on any atom is -0.497 e. The molecule has 0 saturated carbocycles. The summed E-state index contributed by atoms with van der Waals surface area (Å²) in [5.41, 5.74) is 0.618. The van der Waals surface area contributed by atoms with Gasteiger partial charge in [-0.25, -0.2) is 8.78 Å². The molecule has 0 bridgehead atoms. The summed E-state index contributed by atoms with van der Waals surface area (Å²) in [4.78, 5) is 0. The second-order valence-electron chi connectivity index (χ2n) is 4.18. The van der Waals surface area contributed by atoms with Gasteiger partial charge in [-0.3, -0.25) is 0 Å². The second kappa shape index (κ2) is 6.34. The molecule has 0 aliphatic heterocycles. The second-order valence-corrected chi connectivity index (χ2v) is 4.18. The molecule has 1 atom stereocenters. The fourth-order valence-corrected chi connectivity index (χ4v) is 1.69. The lowest BCUT2D eigenvalue weighted by molar-refractivity contribution is 0.107. The number of ether oxygens (including phenoxy) is 2. The first kappa shape index (κ1) is 14.3. The van der Waals surface area contributed by atoms with Crippen molar-refractivity contribution < 1.29 is 23.4 Å². The molecule has 5 heteroatoms. The van der Waals surface area contributed by atoms with E-state index in [0.717, 1.165) is 12.1 Å². The van der Waals surface area contributed by atoms with Crippen molar-refractivity contribution in [3.05, 3.63) is 59.7 Å². The summed E-state index contributed by atoms with van der Waals surface area (Å²) >= 11 is 0. The van der Waals surface area contributed by atoms with E-state index in [1.807, 2.05) is 0 Å². The summed E-state index contributed by atoms with van der Waals surface area (Å²) in [6.45, 7) is -0.0712. The Labute approximate surface area is 115 Å². The van der Waals surface area contributed by atoms with Crippen molar-refractivity contribution in [1.29, 1.82) is 0 Å². The molecule has 0 saturated heterocycles. The van der Waals surface area contributed by atoms with Gasteiger partial charge in [0.1, 0.15) is 24.2 Å². The Morgan fingerprint density at radius 2 is 1.85 bits per heavy atom. The Balaban J connectivity index is 2.00. The van der Waals surface area contributed by atoms with Crippen LogP contribution in [-0.2, 0) is 0 Å². The molecule has 2 aromatic rings. The zero-order chi connectivity index (χ0) is 14.5. The highest BCUT2D eigenvalue weighted by molar-refractivity contribution is 5.30. The van der Waals surface area contributed by atoms with Gasteiger partial charge in [-0.2, -0.15) is 0 Å². The van der Waals surface area contributed by atoms with Gasteiger partial charge < -0.3 is 14.6 Å². The third-order valence-electron chi connectivity index (χ3n) is 2.78. The maximum Gasteiger partial charge on any atom is 0.162 e. The van der Waals surface area contributed by atoms with Gasteiger partial charge >= 0.3 is 0 Å². The minimum absolute atomic E-state index is 0.0712. The first-order valence-electron chi connectivity index (χ1n) is 6.00. The predicted octanol–water partition coefficient (Wildman–Crippen LogP) is 3.09. The molecule has 0 radical (unpaired) electrons. The number of aliphatic hydroxyl groups is 1. The number of aliphatic hydroxyl groups excluding tert-OH is 1. The molecule has 0 aliphatic rings. The van der Waals surface area contributed by atoms with E-state index in [1.165, 1.54) is 13.2 Å². The topological polar surface area (TPSA) is 38.7 Å². The summed E-state index contributed by atoms with van der Waals surface area (Å²) in [5.74, 6) is -1.15. The first-order valence-corrected chi connectivity index (χ1v) is 6.00. The van der Waals surface area contributed by atoms with Gasteiger partial charge in [-0.05, 0) is 29.8 Å².